The van der Waals surface area contributed by atoms with E-state index in [1.807, 2.05) is 6.92 Å². The van der Waals surface area contributed by atoms with Crippen molar-refractivity contribution < 1.29 is 4.79 Å². The molecule has 3 nitrogen and oxygen atoms in total. The van der Waals surface area contributed by atoms with Crippen molar-refractivity contribution in [1.29, 1.82) is 0 Å². The molecule has 0 aromatic carbocycles. The second-order valence-corrected chi connectivity index (χ2v) is 5.72. The minimum Gasteiger partial charge on any atom is -0.355 e. The fraction of sp³-hybridized carbons (Fsp3) is 0.929. The Hall–Kier alpha value is -0.570. The maximum atomic E-state index is 11.9. The molecule has 1 rings (SSSR count). The zero-order chi connectivity index (χ0) is 12.7. The maximum Gasteiger partial charge on any atom is 0.239 e. The summed E-state index contributed by atoms with van der Waals surface area (Å²) in [5.74, 6) is 0.828. The molecule has 0 radical (unpaired) electrons. The Morgan fingerprint density at radius 3 is 2.59 bits per heavy atom. The number of nitrogens with one attached hydrogen (secondary N) is 1. The van der Waals surface area contributed by atoms with E-state index in [0.717, 1.165) is 31.7 Å². The summed E-state index contributed by atoms with van der Waals surface area (Å²) in [5, 5.41) is 2.99. The predicted octanol–water partition coefficient (Wildman–Crippen LogP) is 2.59. The van der Waals surface area contributed by atoms with Crippen molar-refractivity contribution in [2.75, 3.05) is 6.54 Å². The van der Waals surface area contributed by atoms with Crippen molar-refractivity contribution in [2.24, 2.45) is 11.7 Å². The van der Waals surface area contributed by atoms with Gasteiger partial charge in [-0.15, -0.1) is 0 Å². The van der Waals surface area contributed by atoms with Gasteiger partial charge in [-0.2, -0.15) is 0 Å². The monoisotopic (exact) mass is 240 g/mol. The van der Waals surface area contributed by atoms with Crippen LogP contribution < -0.4 is 11.1 Å². The first-order chi connectivity index (χ1) is 8.06. The second kappa shape index (κ2) is 7.00. The average Bonchev–Trinajstić information content (AvgIpc) is 2.30. The Bertz CT molecular complexity index is 232. The molecule has 1 unspecified atom stereocenters. The van der Waals surface area contributed by atoms with Crippen LogP contribution >= 0.6 is 0 Å². The summed E-state index contributed by atoms with van der Waals surface area (Å²) >= 11 is 0. The zero-order valence-corrected chi connectivity index (χ0v) is 11.4. The summed E-state index contributed by atoms with van der Waals surface area (Å²) in [6, 6.07) is 0. The topological polar surface area (TPSA) is 55.1 Å². The molecule has 0 aromatic heterocycles. The second-order valence-electron chi connectivity index (χ2n) is 5.72. The predicted molar refractivity (Wildman–Crippen MR) is 71.7 cm³/mol. The Kier molecular flexibility index (Phi) is 5.96. The highest BCUT2D eigenvalue weighted by molar-refractivity contribution is 5.85. The number of carbonyl (C=O) groups excluding carboxylic acids is 1. The third-order valence-electron chi connectivity index (χ3n) is 3.85. The summed E-state index contributed by atoms with van der Waals surface area (Å²) in [6.45, 7) is 4.67. The van der Waals surface area contributed by atoms with Crippen molar-refractivity contribution in [3.63, 3.8) is 0 Å². The normalized spacial score (nSPS) is 20.9. The van der Waals surface area contributed by atoms with Gasteiger partial charge in [0.1, 0.15) is 0 Å². The molecule has 1 aliphatic carbocycles. The third kappa shape index (κ3) is 5.07. The molecule has 1 atom stereocenters. The van der Waals surface area contributed by atoms with E-state index in [9.17, 15) is 4.79 Å². The number of hydrogen-bond donors (Lipinski definition) is 2. The van der Waals surface area contributed by atoms with Crippen molar-refractivity contribution in [3.8, 4) is 0 Å². The van der Waals surface area contributed by atoms with Crippen LogP contribution in [0.4, 0.5) is 0 Å². The summed E-state index contributed by atoms with van der Waals surface area (Å²) in [5.41, 5.74) is 5.28. The Morgan fingerprint density at radius 1 is 1.35 bits per heavy atom. The molecule has 0 aliphatic heterocycles. The highest BCUT2D eigenvalue weighted by atomic mass is 16.2. The lowest BCUT2D eigenvalue weighted by atomic mass is 9.87. The van der Waals surface area contributed by atoms with E-state index in [1.54, 1.807) is 0 Å². The van der Waals surface area contributed by atoms with Crippen LogP contribution in [-0.2, 0) is 4.79 Å². The molecule has 1 aliphatic rings. The fourth-order valence-electron chi connectivity index (χ4n) is 2.70. The van der Waals surface area contributed by atoms with E-state index in [0.29, 0.717) is 0 Å². The summed E-state index contributed by atoms with van der Waals surface area (Å²) < 4.78 is 0. The van der Waals surface area contributed by atoms with E-state index < -0.39 is 5.54 Å². The van der Waals surface area contributed by atoms with Crippen molar-refractivity contribution >= 4 is 5.91 Å². The molecule has 100 valence electrons. The molecule has 3 heteroatoms. The van der Waals surface area contributed by atoms with E-state index in [4.69, 9.17) is 5.73 Å². The molecule has 3 N–H and O–H groups in total. The van der Waals surface area contributed by atoms with E-state index in [1.165, 1.54) is 32.1 Å². The van der Waals surface area contributed by atoms with E-state index in [2.05, 4.69) is 12.2 Å². The van der Waals surface area contributed by atoms with Gasteiger partial charge in [0.25, 0.3) is 0 Å². The van der Waals surface area contributed by atoms with Crippen molar-refractivity contribution in [2.45, 2.75) is 70.8 Å². The van der Waals surface area contributed by atoms with Crippen LogP contribution in [0.3, 0.4) is 0 Å². The average molecular weight is 240 g/mol. The first-order valence-corrected chi connectivity index (χ1v) is 7.13. The highest BCUT2D eigenvalue weighted by Gasteiger charge is 2.26. The van der Waals surface area contributed by atoms with Crippen LogP contribution in [0.2, 0.25) is 0 Å². The van der Waals surface area contributed by atoms with Gasteiger partial charge in [0.05, 0.1) is 5.54 Å². The minimum absolute atomic E-state index is 0.00941. The SMILES string of the molecule is CCCC(C)(N)C(=O)NCCC1CCCCC1. The quantitative estimate of drug-likeness (QED) is 0.750. The highest BCUT2D eigenvalue weighted by Crippen LogP contribution is 2.25. The third-order valence-corrected chi connectivity index (χ3v) is 3.85. The molecule has 0 heterocycles. The van der Waals surface area contributed by atoms with Crippen LogP contribution in [0.1, 0.15) is 65.2 Å². The number of carbonyl (C=O) groups is 1. The first-order valence-electron chi connectivity index (χ1n) is 7.13. The zero-order valence-electron chi connectivity index (χ0n) is 11.4. The summed E-state index contributed by atoms with van der Waals surface area (Å²) in [6.07, 6.45) is 9.61. The van der Waals surface area contributed by atoms with Gasteiger partial charge in [-0.3, -0.25) is 4.79 Å². The Balaban J connectivity index is 2.18. The van der Waals surface area contributed by atoms with Crippen LogP contribution in [-0.4, -0.2) is 18.0 Å². The largest absolute Gasteiger partial charge is 0.355 e. The molecule has 17 heavy (non-hydrogen) atoms. The molecular formula is C14H28N2O. The van der Waals surface area contributed by atoms with Gasteiger partial charge >= 0.3 is 0 Å². The van der Waals surface area contributed by atoms with E-state index in [-0.39, 0.29) is 5.91 Å². The van der Waals surface area contributed by atoms with Crippen LogP contribution in [0.5, 0.6) is 0 Å². The molecule has 0 aromatic rings. The summed E-state index contributed by atoms with van der Waals surface area (Å²) in [7, 11) is 0. The lowest BCUT2D eigenvalue weighted by Gasteiger charge is -2.25. The molecule has 0 bridgehead atoms. The van der Waals surface area contributed by atoms with Gasteiger partial charge in [-0.05, 0) is 25.7 Å². The number of amides is 1. The van der Waals surface area contributed by atoms with Gasteiger partial charge in [-0.25, -0.2) is 0 Å². The maximum absolute atomic E-state index is 11.9. The first kappa shape index (κ1) is 14.5. The van der Waals surface area contributed by atoms with Crippen LogP contribution in [0, 0.1) is 5.92 Å². The number of nitrogens with two attached hydrogens (primary N) is 1. The molecule has 0 saturated heterocycles. The van der Waals surface area contributed by atoms with Gasteiger partial charge < -0.3 is 11.1 Å². The van der Waals surface area contributed by atoms with Gasteiger partial charge in [0, 0.05) is 6.54 Å². The fourth-order valence-corrected chi connectivity index (χ4v) is 2.70. The van der Waals surface area contributed by atoms with E-state index >= 15 is 0 Å². The Morgan fingerprint density at radius 2 is 2.00 bits per heavy atom. The molecule has 1 fully saturated rings. The summed E-state index contributed by atoms with van der Waals surface area (Å²) in [4.78, 5) is 11.9. The van der Waals surface area contributed by atoms with Gasteiger partial charge in [0.15, 0.2) is 0 Å². The van der Waals surface area contributed by atoms with Gasteiger partial charge in [-0.1, -0.05) is 45.4 Å². The molecular weight excluding hydrogens is 212 g/mol. The Labute approximate surface area is 106 Å². The van der Waals surface area contributed by atoms with Gasteiger partial charge in [0.2, 0.25) is 5.91 Å². The number of hydrogen-bond acceptors (Lipinski definition) is 2. The van der Waals surface area contributed by atoms with Crippen molar-refractivity contribution in [3.05, 3.63) is 0 Å². The molecule has 1 saturated carbocycles. The van der Waals surface area contributed by atoms with Crippen LogP contribution in [0.25, 0.3) is 0 Å². The lowest BCUT2D eigenvalue weighted by Crippen LogP contribution is -2.51. The minimum atomic E-state index is -0.693. The van der Waals surface area contributed by atoms with Crippen LogP contribution in [0.15, 0.2) is 0 Å². The molecule has 1 amide bonds. The lowest BCUT2D eigenvalue weighted by molar-refractivity contribution is -0.126. The smallest absolute Gasteiger partial charge is 0.239 e. The standard InChI is InChI=1S/C14H28N2O/c1-3-10-14(2,15)13(17)16-11-9-12-7-5-4-6-8-12/h12H,3-11,15H2,1-2H3,(H,16,17). The van der Waals surface area contributed by atoms with Crippen molar-refractivity contribution in [1.82, 2.24) is 5.32 Å². The molecule has 0 spiro atoms. The number of rotatable bonds is 6.